The van der Waals surface area contributed by atoms with Crippen molar-refractivity contribution in [3.8, 4) is 11.5 Å². The first kappa shape index (κ1) is 12.0. The Morgan fingerprint density at radius 2 is 1.59 bits per heavy atom. The quantitative estimate of drug-likeness (QED) is 0.698. The topological polar surface area (TPSA) is 9.23 Å². The highest BCUT2D eigenvalue weighted by molar-refractivity contribution is 6.17. The van der Waals surface area contributed by atoms with Crippen LogP contribution in [-0.4, -0.2) is 5.88 Å². The van der Waals surface area contributed by atoms with Gasteiger partial charge in [-0.15, -0.1) is 11.6 Å². The summed E-state index contributed by atoms with van der Waals surface area (Å²) in [5.41, 5.74) is 1.21. The molecule has 17 heavy (non-hydrogen) atoms. The van der Waals surface area contributed by atoms with Gasteiger partial charge in [0.2, 0.25) is 0 Å². The number of rotatable bonds is 5. The minimum absolute atomic E-state index is 0.680. The first-order chi connectivity index (χ1) is 8.40. The van der Waals surface area contributed by atoms with Gasteiger partial charge < -0.3 is 4.74 Å². The fourth-order valence-corrected chi connectivity index (χ4v) is 1.82. The minimum Gasteiger partial charge on any atom is -0.457 e. The van der Waals surface area contributed by atoms with Crippen LogP contribution in [0.3, 0.4) is 0 Å². The monoisotopic (exact) mass is 246 g/mol. The molecule has 2 aromatic rings. The highest BCUT2D eigenvalue weighted by atomic mass is 35.5. The van der Waals surface area contributed by atoms with Gasteiger partial charge in [0.15, 0.2) is 0 Å². The van der Waals surface area contributed by atoms with Gasteiger partial charge in [0.1, 0.15) is 11.5 Å². The van der Waals surface area contributed by atoms with E-state index in [4.69, 9.17) is 16.3 Å². The molecule has 0 spiro atoms. The molecule has 0 heterocycles. The Balaban J connectivity index is 2.15. The van der Waals surface area contributed by atoms with E-state index in [0.29, 0.717) is 5.88 Å². The lowest BCUT2D eigenvalue weighted by molar-refractivity contribution is 0.476. The molecule has 0 unspecified atom stereocenters. The summed E-state index contributed by atoms with van der Waals surface area (Å²) in [7, 11) is 0. The van der Waals surface area contributed by atoms with Crippen LogP contribution in [0.25, 0.3) is 0 Å². The second-order valence-corrected chi connectivity index (χ2v) is 4.19. The highest BCUT2D eigenvalue weighted by Crippen LogP contribution is 2.25. The maximum Gasteiger partial charge on any atom is 0.130 e. The smallest absolute Gasteiger partial charge is 0.130 e. The number of para-hydroxylation sites is 2. The Labute approximate surface area is 107 Å². The van der Waals surface area contributed by atoms with Gasteiger partial charge in [0, 0.05) is 5.88 Å². The SMILES string of the molecule is ClCCCc1ccccc1Oc1ccccc1. The lowest BCUT2D eigenvalue weighted by atomic mass is 10.1. The molecule has 0 N–H and O–H groups in total. The fraction of sp³-hybridized carbons (Fsp3) is 0.200. The first-order valence-corrected chi connectivity index (χ1v) is 6.30. The van der Waals surface area contributed by atoms with E-state index in [9.17, 15) is 0 Å². The zero-order chi connectivity index (χ0) is 11.9. The lowest BCUT2D eigenvalue weighted by Crippen LogP contribution is -1.92. The van der Waals surface area contributed by atoms with Crippen LogP contribution in [0.1, 0.15) is 12.0 Å². The van der Waals surface area contributed by atoms with E-state index in [1.54, 1.807) is 0 Å². The molecule has 0 aromatic heterocycles. The van der Waals surface area contributed by atoms with E-state index in [-0.39, 0.29) is 0 Å². The van der Waals surface area contributed by atoms with Crippen molar-refractivity contribution in [2.75, 3.05) is 5.88 Å². The molecule has 1 nitrogen and oxygen atoms in total. The summed E-state index contributed by atoms with van der Waals surface area (Å²) in [6.07, 6.45) is 1.92. The van der Waals surface area contributed by atoms with Crippen molar-refractivity contribution >= 4 is 11.6 Å². The molecule has 2 rings (SSSR count). The third-order valence-electron chi connectivity index (χ3n) is 2.52. The van der Waals surface area contributed by atoms with Crippen molar-refractivity contribution < 1.29 is 4.74 Å². The van der Waals surface area contributed by atoms with Crippen LogP contribution in [0.5, 0.6) is 11.5 Å². The largest absolute Gasteiger partial charge is 0.457 e. The molecule has 88 valence electrons. The summed E-state index contributed by atoms with van der Waals surface area (Å²) < 4.78 is 5.86. The Morgan fingerprint density at radius 3 is 2.35 bits per heavy atom. The van der Waals surface area contributed by atoms with Crippen molar-refractivity contribution in [2.45, 2.75) is 12.8 Å². The van der Waals surface area contributed by atoms with E-state index in [1.807, 2.05) is 48.5 Å². The summed E-state index contributed by atoms with van der Waals surface area (Å²) in [5, 5.41) is 0. The Kier molecular flexibility index (Phi) is 4.45. The van der Waals surface area contributed by atoms with Crippen LogP contribution in [0.2, 0.25) is 0 Å². The van der Waals surface area contributed by atoms with Gasteiger partial charge in [-0.3, -0.25) is 0 Å². The second kappa shape index (κ2) is 6.31. The third-order valence-corrected chi connectivity index (χ3v) is 2.79. The summed E-state index contributed by atoms with van der Waals surface area (Å²) >= 11 is 5.72. The van der Waals surface area contributed by atoms with E-state index >= 15 is 0 Å². The predicted octanol–water partition coefficient (Wildman–Crippen LogP) is 4.65. The molecule has 0 aliphatic heterocycles. The summed E-state index contributed by atoms with van der Waals surface area (Å²) in [6, 6.07) is 17.9. The van der Waals surface area contributed by atoms with Gasteiger partial charge in [-0.1, -0.05) is 36.4 Å². The zero-order valence-electron chi connectivity index (χ0n) is 9.60. The maximum atomic E-state index is 5.86. The number of benzene rings is 2. The molecular weight excluding hydrogens is 232 g/mol. The molecule has 0 fully saturated rings. The summed E-state index contributed by atoms with van der Waals surface area (Å²) in [6.45, 7) is 0. The van der Waals surface area contributed by atoms with E-state index in [0.717, 1.165) is 24.3 Å². The molecule has 0 radical (unpaired) electrons. The molecule has 0 amide bonds. The maximum absolute atomic E-state index is 5.86. The molecule has 0 aliphatic rings. The van der Waals surface area contributed by atoms with Crippen LogP contribution in [0, 0.1) is 0 Å². The van der Waals surface area contributed by atoms with Crippen molar-refractivity contribution in [3.05, 3.63) is 60.2 Å². The number of ether oxygens (including phenoxy) is 1. The molecule has 0 atom stereocenters. The molecular formula is C15H15ClO. The van der Waals surface area contributed by atoms with E-state index in [2.05, 4.69) is 6.07 Å². The summed E-state index contributed by atoms with van der Waals surface area (Å²) in [5.74, 6) is 2.47. The molecule has 0 bridgehead atoms. The van der Waals surface area contributed by atoms with Gasteiger partial charge >= 0.3 is 0 Å². The standard InChI is InChI=1S/C15H15ClO/c16-12-6-8-13-7-4-5-11-15(13)17-14-9-2-1-3-10-14/h1-5,7,9-11H,6,8,12H2. The zero-order valence-corrected chi connectivity index (χ0v) is 10.4. The average Bonchev–Trinajstić information content (AvgIpc) is 2.39. The fourth-order valence-electron chi connectivity index (χ4n) is 1.68. The van der Waals surface area contributed by atoms with Crippen molar-refractivity contribution in [3.63, 3.8) is 0 Å². The van der Waals surface area contributed by atoms with Crippen LogP contribution < -0.4 is 4.74 Å². The van der Waals surface area contributed by atoms with Crippen LogP contribution in [-0.2, 0) is 6.42 Å². The predicted molar refractivity (Wildman–Crippen MR) is 72.0 cm³/mol. The van der Waals surface area contributed by atoms with Gasteiger partial charge in [0.05, 0.1) is 0 Å². The molecule has 0 saturated heterocycles. The van der Waals surface area contributed by atoms with Crippen LogP contribution in [0.4, 0.5) is 0 Å². The molecule has 0 aliphatic carbocycles. The van der Waals surface area contributed by atoms with Crippen LogP contribution >= 0.6 is 11.6 Å². The number of hydrogen-bond acceptors (Lipinski definition) is 1. The van der Waals surface area contributed by atoms with Gasteiger partial charge in [0.25, 0.3) is 0 Å². The van der Waals surface area contributed by atoms with Crippen molar-refractivity contribution in [1.29, 1.82) is 0 Å². The summed E-state index contributed by atoms with van der Waals surface area (Å²) in [4.78, 5) is 0. The lowest BCUT2D eigenvalue weighted by Gasteiger charge is -2.10. The third kappa shape index (κ3) is 3.50. The number of alkyl halides is 1. The van der Waals surface area contributed by atoms with Crippen molar-refractivity contribution in [1.82, 2.24) is 0 Å². The second-order valence-electron chi connectivity index (χ2n) is 3.82. The molecule has 0 saturated carbocycles. The average molecular weight is 247 g/mol. The highest BCUT2D eigenvalue weighted by Gasteiger charge is 2.03. The Morgan fingerprint density at radius 1 is 0.882 bits per heavy atom. The minimum atomic E-state index is 0.680. The number of aryl methyl sites for hydroxylation is 1. The first-order valence-electron chi connectivity index (χ1n) is 5.77. The van der Waals surface area contributed by atoms with Gasteiger partial charge in [-0.05, 0) is 36.6 Å². The Bertz CT molecular complexity index is 453. The van der Waals surface area contributed by atoms with E-state index < -0.39 is 0 Å². The Hall–Kier alpha value is -1.47. The van der Waals surface area contributed by atoms with Crippen LogP contribution in [0.15, 0.2) is 54.6 Å². The van der Waals surface area contributed by atoms with Gasteiger partial charge in [-0.2, -0.15) is 0 Å². The normalized spacial score (nSPS) is 10.2. The molecule has 2 aromatic carbocycles. The number of hydrogen-bond donors (Lipinski definition) is 0. The van der Waals surface area contributed by atoms with Gasteiger partial charge in [-0.25, -0.2) is 0 Å². The van der Waals surface area contributed by atoms with E-state index in [1.165, 1.54) is 5.56 Å². The van der Waals surface area contributed by atoms with Crippen molar-refractivity contribution in [2.24, 2.45) is 0 Å². The molecule has 2 heteroatoms. The number of halogens is 1.